The number of ether oxygens (including phenoxy) is 1. The third kappa shape index (κ3) is 7.25. The highest BCUT2D eigenvalue weighted by atomic mass is 79.9. The number of hydrogen-bond acceptors (Lipinski definition) is 8. The molecule has 0 atom stereocenters. The first kappa shape index (κ1) is 30.5. The third-order valence-electron chi connectivity index (χ3n) is 6.31. The lowest BCUT2D eigenvalue weighted by molar-refractivity contribution is -0.139. The minimum absolute atomic E-state index is 0.109. The average Bonchev–Trinajstić information content (AvgIpc) is 3.25. The van der Waals surface area contributed by atoms with E-state index in [1.54, 1.807) is 48.5 Å². The van der Waals surface area contributed by atoms with E-state index in [0.29, 0.717) is 53.3 Å². The zero-order valence-corrected chi connectivity index (χ0v) is 25.1. The molecule has 4 rings (SSSR count). The van der Waals surface area contributed by atoms with Crippen LogP contribution in [0.15, 0.2) is 53.0 Å². The van der Waals surface area contributed by atoms with Gasteiger partial charge in [0.15, 0.2) is 17.2 Å². The molecule has 14 heteroatoms. The molecule has 1 aliphatic rings. The highest BCUT2D eigenvalue weighted by Gasteiger charge is 2.33. The van der Waals surface area contributed by atoms with Gasteiger partial charge in [0.05, 0.1) is 20.8 Å². The lowest BCUT2D eigenvalue weighted by Gasteiger charge is -2.35. The molecule has 0 radical (unpaired) electrons. The number of thiophene rings is 1. The van der Waals surface area contributed by atoms with Crippen molar-refractivity contribution in [1.82, 2.24) is 5.32 Å². The molecule has 1 saturated heterocycles. The predicted molar refractivity (Wildman–Crippen MR) is 159 cm³/mol. The highest BCUT2D eigenvalue weighted by molar-refractivity contribution is 9.10. The number of para-hydroxylation sites is 1. The van der Waals surface area contributed by atoms with Crippen LogP contribution in [0, 0.1) is 0 Å². The van der Waals surface area contributed by atoms with Gasteiger partial charge in [0.25, 0.3) is 0 Å². The standard InChI is InChI=1S/C27H28BrN3O8S2/c1-16(32)30-21-8-3-2-5-18(21)15-41(37,38)31(19-9-11-29-12-10-19)20-7-4-6-17(13-20)25-23(28)24(39-14-22(33)34)26(40-25)27(35)36/h2-8,13,19,29H,9-12,14-15H2,1H3,(H,30,32)(H,33,34)(H,35,36). The monoisotopic (exact) mass is 665 g/mol. The van der Waals surface area contributed by atoms with Crippen molar-refractivity contribution in [3.8, 4) is 16.2 Å². The van der Waals surface area contributed by atoms with E-state index in [1.165, 1.54) is 11.2 Å². The van der Waals surface area contributed by atoms with Gasteiger partial charge in [-0.15, -0.1) is 11.3 Å². The van der Waals surface area contributed by atoms with E-state index in [2.05, 4.69) is 26.6 Å². The molecular formula is C27H28BrN3O8S2. The van der Waals surface area contributed by atoms with E-state index in [9.17, 15) is 27.9 Å². The number of nitrogens with zero attached hydrogens (tertiary/aromatic N) is 1. The topological polar surface area (TPSA) is 162 Å². The molecule has 218 valence electrons. The maximum atomic E-state index is 14.1. The van der Waals surface area contributed by atoms with Gasteiger partial charge in [0, 0.05) is 18.7 Å². The fourth-order valence-corrected chi connectivity index (χ4v) is 8.40. The summed E-state index contributed by atoms with van der Waals surface area (Å²) in [6, 6.07) is 13.2. The van der Waals surface area contributed by atoms with Gasteiger partial charge in [-0.1, -0.05) is 30.3 Å². The lowest BCUT2D eigenvalue weighted by atomic mass is 10.1. The summed E-state index contributed by atoms with van der Waals surface area (Å²) in [4.78, 5) is 34.9. The summed E-state index contributed by atoms with van der Waals surface area (Å²) in [6.07, 6.45) is 1.16. The summed E-state index contributed by atoms with van der Waals surface area (Å²) < 4.78 is 35.1. The first-order chi connectivity index (χ1) is 19.5. The maximum Gasteiger partial charge on any atom is 0.349 e. The molecule has 0 aliphatic carbocycles. The second kappa shape index (κ2) is 13.0. The molecule has 2 heterocycles. The highest BCUT2D eigenvalue weighted by Crippen LogP contribution is 2.46. The quantitative estimate of drug-likeness (QED) is 0.233. The Bertz CT molecular complexity index is 1570. The van der Waals surface area contributed by atoms with Crippen molar-refractivity contribution >= 4 is 66.5 Å². The van der Waals surface area contributed by atoms with E-state index >= 15 is 0 Å². The van der Waals surface area contributed by atoms with E-state index in [1.807, 2.05) is 0 Å². The van der Waals surface area contributed by atoms with Crippen LogP contribution in [0.5, 0.6) is 5.75 Å². The van der Waals surface area contributed by atoms with Crippen LogP contribution in [0.25, 0.3) is 10.4 Å². The number of anilines is 2. The van der Waals surface area contributed by atoms with Crippen LogP contribution >= 0.6 is 27.3 Å². The van der Waals surface area contributed by atoms with Gasteiger partial charge in [0.1, 0.15) is 0 Å². The Morgan fingerprint density at radius 1 is 1.12 bits per heavy atom. The zero-order chi connectivity index (χ0) is 29.7. The molecule has 0 saturated carbocycles. The van der Waals surface area contributed by atoms with Crippen molar-refractivity contribution in [3.05, 3.63) is 63.4 Å². The van der Waals surface area contributed by atoms with Gasteiger partial charge in [-0.25, -0.2) is 18.0 Å². The fraction of sp³-hybridized carbons (Fsp3) is 0.296. The van der Waals surface area contributed by atoms with Gasteiger partial charge in [-0.3, -0.25) is 9.10 Å². The van der Waals surface area contributed by atoms with E-state index in [-0.39, 0.29) is 32.8 Å². The third-order valence-corrected chi connectivity index (χ3v) is 10.3. The molecule has 1 aromatic heterocycles. The largest absolute Gasteiger partial charge is 0.479 e. The number of halogens is 1. The van der Waals surface area contributed by atoms with Gasteiger partial charge >= 0.3 is 11.9 Å². The summed E-state index contributed by atoms with van der Waals surface area (Å²) >= 11 is 4.25. The van der Waals surface area contributed by atoms with Gasteiger partial charge < -0.3 is 25.6 Å². The number of amides is 1. The fourth-order valence-electron chi connectivity index (χ4n) is 4.63. The van der Waals surface area contributed by atoms with Crippen molar-refractivity contribution in [2.75, 3.05) is 29.3 Å². The number of carboxylic acid groups (broad SMARTS) is 2. The molecule has 0 bridgehead atoms. The van der Waals surface area contributed by atoms with Crippen molar-refractivity contribution in [3.63, 3.8) is 0 Å². The first-order valence-corrected chi connectivity index (χ1v) is 15.8. The van der Waals surface area contributed by atoms with Crippen LogP contribution in [-0.2, 0) is 25.4 Å². The normalized spacial score (nSPS) is 13.9. The molecule has 1 aliphatic heterocycles. The second-order valence-electron chi connectivity index (χ2n) is 9.31. The minimum atomic E-state index is -3.97. The Morgan fingerprint density at radius 3 is 2.49 bits per heavy atom. The van der Waals surface area contributed by atoms with Crippen LogP contribution in [0.2, 0.25) is 0 Å². The molecule has 0 spiro atoms. The molecular weight excluding hydrogens is 638 g/mol. The number of carbonyl (C=O) groups excluding carboxylic acids is 1. The molecule has 2 aromatic carbocycles. The van der Waals surface area contributed by atoms with Gasteiger partial charge in [0.2, 0.25) is 15.9 Å². The Kier molecular flexibility index (Phi) is 9.68. The summed E-state index contributed by atoms with van der Waals surface area (Å²) in [5.41, 5.74) is 1.79. The smallest absolute Gasteiger partial charge is 0.349 e. The van der Waals surface area contributed by atoms with Crippen molar-refractivity contribution in [2.45, 2.75) is 31.6 Å². The number of piperidine rings is 1. The second-order valence-corrected chi connectivity index (χ2v) is 13.0. The number of carboxylic acids is 2. The van der Waals surface area contributed by atoms with Crippen LogP contribution in [0.1, 0.15) is 35.0 Å². The van der Waals surface area contributed by atoms with Crippen molar-refractivity contribution < 1.29 is 37.8 Å². The number of aliphatic carboxylic acids is 1. The average molecular weight is 667 g/mol. The lowest BCUT2D eigenvalue weighted by Crippen LogP contribution is -2.46. The number of sulfonamides is 1. The summed E-state index contributed by atoms with van der Waals surface area (Å²) in [5.74, 6) is -3.31. The molecule has 4 N–H and O–H groups in total. The Morgan fingerprint density at radius 2 is 1.83 bits per heavy atom. The Balaban J connectivity index is 1.77. The predicted octanol–water partition coefficient (Wildman–Crippen LogP) is 4.39. The number of aromatic carboxylic acids is 1. The zero-order valence-electron chi connectivity index (χ0n) is 21.9. The van der Waals surface area contributed by atoms with Crippen molar-refractivity contribution in [1.29, 1.82) is 0 Å². The Labute approximate surface area is 249 Å². The molecule has 11 nitrogen and oxygen atoms in total. The van der Waals surface area contributed by atoms with Crippen LogP contribution in [-0.4, -0.2) is 62.2 Å². The first-order valence-electron chi connectivity index (χ1n) is 12.6. The summed E-state index contributed by atoms with van der Waals surface area (Å²) in [7, 11) is -3.97. The molecule has 1 fully saturated rings. The molecule has 41 heavy (non-hydrogen) atoms. The summed E-state index contributed by atoms with van der Waals surface area (Å²) in [6.45, 7) is 1.91. The molecule has 3 aromatic rings. The number of rotatable bonds is 11. The van der Waals surface area contributed by atoms with E-state index < -0.39 is 28.6 Å². The number of nitrogens with one attached hydrogen (secondary N) is 2. The van der Waals surface area contributed by atoms with E-state index in [4.69, 9.17) is 9.84 Å². The Hall–Kier alpha value is -3.46. The SMILES string of the molecule is CC(=O)Nc1ccccc1CS(=O)(=O)N(c1cccc(-c2sc(C(=O)O)c(OCC(=O)O)c2Br)c1)C1CCNCC1. The summed E-state index contributed by atoms with van der Waals surface area (Å²) in [5, 5.41) is 24.7. The van der Waals surface area contributed by atoms with Gasteiger partial charge in [-0.05, 0) is 71.2 Å². The maximum absolute atomic E-state index is 14.1. The van der Waals surface area contributed by atoms with Crippen molar-refractivity contribution in [2.24, 2.45) is 0 Å². The van der Waals surface area contributed by atoms with Gasteiger partial charge in [-0.2, -0.15) is 0 Å². The van der Waals surface area contributed by atoms with Crippen LogP contribution in [0.3, 0.4) is 0 Å². The molecule has 1 amide bonds. The number of benzene rings is 2. The number of carbonyl (C=O) groups is 3. The number of hydrogen-bond donors (Lipinski definition) is 4. The molecule has 0 unspecified atom stereocenters. The van der Waals surface area contributed by atoms with Crippen LogP contribution in [0.4, 0.5) is 11.4 Å². The van der Waals surface area contributed by atoms with E-state index in [0.717, 1.165) is 11.3 Å². The minimum Gasteiger partial charge on any atom is -0.479 e. The van der Waals surface area contributed by atoms with Crippen LogP contribution < -0.4 is 19.7 Å².